The zero-order chi connectivity index (χ0) is 13.9. The van der Waals surface area contributed by atoms with E-state index in [0.717, 1.165) is 27.7 Å². The fraction of sp³-hybridized carbons (Fsp3) is 0.0588. The van der Waals surface area contributed by atoms with E-state index in [1.807, 2.05) is 60.7 Å². The van der Waals surface area contributed by atoms with Crippen LogP contribution in [0.15, 0.2) is 60.7 Å². The summed E-state index contributed by atoms with van der Waals surface area (Å²) in [5.41, 5.74) is 3.41. The second-order valence-electron chi connectivity index (χ2n) is 4.62. The van der Waals surface area contributed by atoms with Gasteiger partial charge in [-0.3, -0.25) is 4.79 Å². The molecule has 0 bridgehead atoms. The predicted molar refractivity (Wildman–Crippen MR) is 78.5 cm³/mol. The second kappa shape index (κ2) is 5.13. The van der Waals surface area contributed by atoms with E-state index in [9.17, 15) is 4.79 Å². The summed E-state index contributed by atoms with van der Waals surface area (Å²) in [5.74, 6) is -0.833. The van der Waals surface area contributed by atoms with Gasteiger partial charge in [-0.2, -0.15) is 0 Å². The molecule has 1 aromatic heterocycles. The van der Waals surface area contributed by atoms with Gasteiger partial charge < -0.3 is 5.11 Å². The molecule has 3 heteroatoms. The fourth-order valence-electron chi connectivity index (χ4n) is 2.31. The van der Waals surface area contributed by atoms with E-state index < -0.39 is 5.97 Å². The van der Waals surface area contributed by atoms with Crippen molar-refractivity contribution in [2.24, 2.45) is 0 Å². The highest BCUT2D eigenvalue weighted by molar-refractivity contribution is 5.88. The molecule has 0 unspecified atom stereocenters. The Morgan fingerprint density at radius 2 is 1.70 bits per heavy atom. The molecule has 0 saturated heterocycles. The molecule has 1 N–H and O–H groups in total. The smallest absolute Gasteiger partial charge is 0.307 e. The number of pyridine rings is 1. The van der Waals surface area contributed by atoms with Crippen LogP contribution in [-0.4, -0.2) is 16.1 Å². The third-order valence-electron chi connectivity index (χ3n) is 3.21. The van der Waals surface area contributed by atoms with Gasteiger partial charge in [0, 0.05) is 10.9 Å². The van der Waals surface area contributed by atoms with Gasteiger partial charge in [-0.25, -0.2) is 4.98 Å². The molecule has 0 atom stereocenters. The minimum atomic E-state index is -0.833. The van der Waals surface area contributed by atoms with Gasteiger partial charge in [-0.15, -0.1) is 0 Å². The summed E-state index contributed by atoms with van der Waals surface area (Å²) in [4.78, 5) is 15.7. The maximum absolute atomic E-state index is 11.0. The average Bonchev–Trinajstić information content (AvgIpc) is 2.47. The van der Waals surface area contributed by atoms with Crippen LogP contribution in [0.1, 0.15) is 5.56 Å². The van der Waals surface area contributed by atoms with Gasteiger partial charge in [0.2, 0.25) is 0 Å². The lowest BCUT2D eigenvalue weighted by Crippen LogP contribution is -2.02. The summed E-state index contributed by atoms with van der Waals surface area (Å²) in [5, 5.41) is 9.97. The van der Waals surface area contributed by atoms with Crippen LogP contribution in [0.25, 0.3) is 22.2 Å². The molecule has 0 saturated carbocycles. The van der Waals surface area contributed by atoms with Crippen LogP contribution in [-0.2, 0) is 11.2 Å². The van der Waals surface area contributed by atoms with E-state index in [2.05, 4.69) is 4.98 Å². The largest absolute Gasteiger partial charge is 0.481 e. The van der Waals surface area contributed by atoms with Gasteiger partial charge in [0.1, 0.15) is 0 Å². The van der Waals surface area contributed by atoms with Crippen LogP contribution in [0.4, 0.5) is 0 Å². The van der Waals surface area contributed by atoms with E-state index >= 15 is 0 Å². The Hall–Kier alpha value is -2.68. The van der Waals surface area contributed by atoms with E-state index in [1.54, 1.807) is 0 Å². The summed E-state index contributed by atoms with van der Waals surface area (Å²) < 4.78 is 0. The van der Waals surface area contributed by atoms with E-state index in [4.69, 9.17) is 5.11 Å². The lowest BCUT2D eigenvalue weighted by atomic mass is 10.0. The van der Waals surface area contributed by atoms with Gasteiger partial charge in [0.05, 0.1) is 17.6 Å². The first-order chi connectivity index (χ1) is 9.74. The van der Waals surface area contributed by atoms with Crippen molar-refractivity contribution in [1.29, 1.82) is 0 Å². The van der Waals surface area contributed by atoms with Crippen molar-refractivity contribution in [3.63, 3.8) is 0 Å². The lowest BCUT2D eigenvalue weighted by Gasteiger charge is -2.08. The van der Waals surface area contributed by atoms with Crippen molar-refractivity contribution in [3.8, 4) is 11.3 Å². The first-order valence-corrected chi connectivity index (χ1v) is 6.40. The maximum atomic E-state index is 11.0. The number of fused-ring (bicyclic) bond motifs is 1. The Morgan fingerprint density at radius 3 is 2.45 bits per heavy atom. The number of aliphatic carboxylic acids is 1. The standard InChI is InChI=1S/C17H13NO2/c19-17(20)11-13-10-16(12-6-2-1-3-7-12)18-15-9-5-4-8-14(13)15/h1-10H,11H2,(H,19,20). The molecule has 0 spiro atoms. The molecule has 0 aliphatic rings. The molecule has 0 fully saturated rings. The normalized spacial score (nSPS) is 10.6. The number of hydrogen-bond acceptors (Lipinski definition) is 2. The number of hydrogen-bond donors (Lipinski definition) is 1. The topological polar surface area (TPSA) is 50.2 Å². The van der Waals surface area contributed by atoms with Crippen molar-refractivity contribution >= 4 is 16.9 Å². The summed E-state index contributed by atoms with van der Waals surface area (Å²) in [7, 11) is 0. The molecule has 3 nitrogen and oxygen atoms in total. The molecular weight excluding hydrogens is 250 g/mol. The highest BCUT2D eigenvalue weighted by atomic mass is 16.4. The predicted octanol–water partition coefficient (Wildman–Crippen LogP) is 3.53. The number of carboxylic acid groups (broad SMARTS) is 1. The van der Waals surface area contributed by atoms with Gasteiger partial charge in [-0.05, 0) is 17.7 Å². The molecule has 1 heterocycles. The number of rotatable bonds is 3. The third-order valence-corrected chi connectivity index (χ3v) is 3.21. The Morgan fingerprint density at radius 1 is 1.00 bits per heavy atom. The first kappa shape index (κ1) is 12.4. The SMILES string of the molecule is O=C(O)Cc1cc(-c2ccccc2)nc2ccccc12. The van der Waals surface area contributed by atoms with Crippen LogP contribution in [0.5, 0.6) is 0 Å². The zero-order valence-corrected chi connectivity index (χ0v) is 10.8. The summed E-state index contributed by atoms with van der Waals surface area (Å²) in [6.45, 7) is 0. The summed E-state index contributed by atoms with van der Waals surface area (Å²) in [6.07, 6.45) is 0.00284. The van der Waals surface area contributed by atoms with Gasteiger partial charge in [0.15, 0.2) is 0 Å². The zero-order valence-electron chi connectivity index (χ0n) is 10.8. The van der Waals surface area contributed by atoms with Crippen LogP contribution in [0, 0.1) is 0 Å². The molecule has 3 rings (SSSR count). The van der Waals surface area contributed by atoms with Crippen LogP contribution in [0.2, 0.25) is 0 Å². The molecule has 0 amide bonds. The van der Waals surface area contributed by atoms with Crippen LogP contribution >= 0.6 is 0 Å². The summed E-state index contributed by atoms with van der Waals surface area (Å²) >= 11 is 0. The quantitative estimate of drug-likeness (QED) is 0.786. The Balaban J connectivity index is 2.22. The minimum absolute atomic E-state index is 0.00284. The molecule has 0 aliphatic heterocycles. The van der Waals surface area contributed by atoms with Gasteiger partial charge in [0.25, 0.3) is 0 Å². The number of nitrogens with zero attached hydrogens (tertiary/aromatic N) is 1. The molecule has 20 heavy (non-hydrogen) atoms. The van der Waals surface area contributed by atoms with Crippen LogP contribution in [0.3, 0.4) is 0 Å². The van der Waals surface area contributed by atoms with Crippen molar-refractivity contribution in [3.05, 3.63) is 66.2 Å². The Labute approximate surface area is 116 Å². The highest BCUT2D eigenvalue weighted by Crippen LogP contribution is 2.25. The molecule has 3 aromatic rings. The molecule has 0 radical (unpaired) electrons. The summed E-state index contributed by atoms with van der Waals surface area (Å²) in [6, 6.07) is 19.3. The number of carboxylic acids is 1. The highest BCUT2D eigenvalue weighted by Gasteiger charge is 2.09. The monoisotopic (exact) mass is 263 g/mol. The molecule has 2 aromatic carbocycles. The van der Waals surface area contributed by atoms with Crippen molar-refractivity contribution < 1.29 is 9.90 Å². The van der Waals surface area contributed by atoms with Gasteiger partial charge in [-0.1, -0.05) is 48.5 Å². The number of carbonyl (C=O) groups is 1. The van der Waals surface area contributed by atoms with Crippen molar-refractivity contribution in [2.45, 2.75) is 6.42 Å². The van der Waals surface area contributed by atoms with Crippen molar-refractivity contribution in [2.75, 3.05) is 0 Å². The van der Waals surface area contributed by atoms with Gasteiger partial charge >= 0.3 is 5.97 Å². The van der Waals surface area contributed by atoms with E-state index in [-0.39, 0.29) is 6.42 Å². The van der Waals surface area contributed by atoms with Crippen molar-refractivity contribution in [1.82, 2.24) is 4.98 Å². The molecule has 98 valence electrons. The Kier molecular flexibility index (Phi) is 3.17. The number of benzene rings is 2. The first-order valence-electron chi connectivity index (χ1n) is 6.40. The number of aromatic nitrogens is 1. The van der Waals surface area contributed by atoms with E-state index in [1.165, 1.54) is 0 Å². The number of para-hydroxylation sites is 1. The molecule has 0 aliphatic carbocycles. The second-order valence-corrected chi connectivity index (χ2v) is 4.62. The lowest BCUT2D eigenvalue weighted by molar-refractivity contribution is -0.136. The Bertz CT molecular complexity index is 766. The van der Waals surface area contributed by atoms with E-state index in [0.29, 0.717) is 0 Å². The minimum Gasteiger partial charge on any atom is -0.481 e. The maximum Gasteiger partial charge on any atom is 0.307 e. The van der Waals surface area contributed by atoms with Crippen LogP contribution < -0.4 is 0 Å². The molecular formula is C17H13NO2. The average molecular weight is 263 g/mol. The fourth-order valence-corrected chi connectivity index (χ4v) is 2.31. The third kappa shape index (κ3) is 2.38.